The van der Waals surface area contributed by atoms with Gasteiger partial charge in [0.15, 0.2) is 0 Å². The first-order valence-electron chi connectivity index (χ1n) is 10.4. The first kappa shape index (κ1) is 24.6. The third-order valence-electron chi connectivity index (χ3n) is 4.56. The van der Waals surface area contributed by atoms with Gasteiger partial charge in [0.05, 0.1) is 19.7 Å². The van der Waals surface area contributed by atoms with Crippen molar-refractivity contribution in [3.63, 3.8) is 0 Å². The number of ether oxygens (including phenoxy) is 1. The second-order valence-electron chi connectivity index (χ2n) is 7.39. The quantitative estimate of drug-likeness (QED) is 0.546. The number of hydrogen-bond acceptors (Lipinski definition) is 6. The highest BCUT2D eigenvalue weighted by Gasteiger charge is 2.25. The molecule has 1 heterocycles. The molecule has 0 aliphatic carbocycles. The molecular formula is C23H31N3O4S. The largest absolute Gasteiger partial charge is 0.462 e. The van der Waals surface area contributed by atoms with E-state index in [0.717, 1.165) is 28.0 Å². The lowest BCUT2D eigenvalue weighted by Gasteiger charge is -2.16. The molecule has 1 aromatic heterocycles. The van der Waals surface area contributed by atoms with Crippen molar-refractivity contribution in [2.24, 2.45) is 0 Å². The van der Waals surface area contributed by atoms with Gasteiger partial charge in [-0.05, 0) is 39.8 Å². The van der Waals surface area contributed by atoms with Crippen LogP contribution < -0.4 is 10.6 Å². The molecule has 2 aromatic rings. The number of rotatable bonds is 10. The molecule has 8 heteroatoms. The molecule has 168 valence electrons. The number of likely N-dealkylation sites (N-methyl/N-ethyl adjacent to an activating group) is 1. The van der Waals surface area contributed by atoms with Crippen LogP contribution in [-0.2, 0) is 14.3 Å². The van der Waals surface area contributed by atoms with Crippen molar-refractivity contribution in [2.75, 3.05) is 38.6 Å². The Balaban J connectivity index is 2.22. The fourth-order valence-corrected chi connectivity index (χ4v) is 4.21. The molecule has 0 saturated carbocycles. The molecule has 2 amide bonds. The molecule has 2 rings (SSSR count). The average Bonchev–Trinajstić information content (AvgIpc) is 3.02. The van der Waals surface area contributed by atoms with Gasteiger partial charge in [-0.1, -0.05) is 36.8 Å². The van der Waals surface area contributed by atoms with Gasteiger partial charge in [0.25, 0.3) is 0 Å². The van der Waals surface area contributed by atoms with E-state index in [1.165, 1.54) is 11.3 Å². The number of amides is 2. The maximum atomic E-state index is 12.8. The van der Waals surface area contributed by atoms with E-state index in [4.69, 9.17) is 4.74 Å². The summed E-state index contributed by atoms with van der Waals surface area (Å²) in [6.45, 7) is 8.65. The topological polar surface area (TPSA) is 87.7 Å². The van der Waals surface area contributed by atoms with E-state index in [2.05, 4.69) is 10.6 Å². The number of esters is 1. The Morgan fingerprint density at radius 2 is 1.68 bits per heavy atom. The smallest absolute Gasteiger partial charge is 0.341 e. The SMILES string of the molecule is CCCNC(=O)CN(C)CC(=O)Nc1sc(C)c(-c2ccc(C)cc2)c1C(=O)OCC. The van der Waals surface area contributed by atoms with Crippen LogP contribution in [-0.4, -0.2) is 56.0 Å². The first-order chi connectivity index (χ1) is 14.8. The minimum atomic E-state index is -0.468. The molecule has 0 aliphatic heterocycles. The number of nitrogens with one attached hydrogen (secondary N) is 2. The molecule has 0 unspecified atom stereocenters. The van der Waals surface area contributed by atoms with Crippen LogP contribution in [0.25, 0.3) is 11.1 Å². The summed E-state index contributed by atoms with van der Waals surface area (Å²) >= 11 is 1.34. The Hall–Kier alpha value is -2.71. The monoisotopic (exact) mass is 445 g/mol. The number of aryl methyl sites for hydroxylation is 2. The van der Waals surface area contributed by atoms with Gasteiger partial charge in [0, 0.05) is 17.0 Å². The van der Waals surface area contributed by atoms with Crippen molar-refractivity contribution >= 4 is 34.1 Å². The normalized spacial score (nSPS) is 10.8. The minimum absolute atomic E-state index is 0.0264. The van der Waals surface area contributed by atoms with Gasteiger partial charge in [0.1, 0.15) is 10.6 Å². The van der Waals surface area contributed by atoms with Crippen LogP contribution in [0.4, 0.5) is 5.00 Å². The summed E-state index contributed by atoms with van der Waals surface area (Å²) < 4.78 is 5.27. The number of nitrogens with zero attached hydrogens (tertiary/aromatic N) is 1. The third-order valence-corrected chi connectivity index (χ3v) is 5.58. The van der Waals surface area contributed by atoms with Gasteiger partial charge in [-0.2, -0.15) is 0 Å². The summed E-state index contributed by atoms with van der Waals surface area (Å²) in [6.07, 6.45) is 0.855. The van der Waals surface area contributed by atoms with Crippen molar-refractivity contribution in [1.82, 2.24) is 10.2 Å². The van der Waals surface area contributed by atoms with Gasteiger partial charge in [-0.25, -0.2) is 4.79 Å². The molecule has 7 nitrogen and oxygen atoms in total. The lowest BCUT2D eigenvalue weighted by atomic mass is 10.0. The van der Waals surface area contributed by atoms with Crippen molar-refractivity contribution in [1.29, 1.82) is 0 Å². The Labute approximate surface area is 187 Å². The summed E-state index contributed by atoms with van der Waals surface area (Å²) in [7, 11) is 1.70. The third kappa shape index (κ3) is 6.90. The first-order valence-corrected chi connectivity index (χ1v) is 11.2. The molecule has 31 heavy (non-hydrogen) atoms. The van der Waals surface area contributed by atoms with Gasteiger partial charge in [0.2, 0.25) is 11.8 Å². The Bertz CT molecular complexity index is 922. The van der Waals surface area contributed by atoms with E-state index in [-0.39, 0.29) is 31.5 Å². The Morgan fingerprint density at radius 3 is 2.29 bits per heavy atom. The van der Waals surface area contributed by atoms with E-state index in [9.17, 15) is 14.4 Å². The standard InChI is InChI=1S/C23H31N3O4S/c1-6-12-24-18(27)13-26(5)14-19(28)25-22-21(23(29)30-7-2)20(16(4)31-22)17-10-8-15(3)9-11-17/h8-11H,6-7,12-14H2,1-5H3,(H,24,27)(H,25,28). The highest BCUT2D eigenvalue weighted by molar-refractivity contribution is 7.17. The molecule has 0 bridgehead atoms. The summed E-state index contributed by atoms with van der Waals surface area (Å²) in [5.74, 6) is -0.893. The van der Waals surface area contributed by atoms with Crippen molar-refractivity contribution in [2.45, 2.75) is 34.1 Å². The van der Waals surface area contributed by atoms with E-state index >= 15 is 0 Å². The van der Waals surface area contributed by atoms with E-state index < -0.39 is 5.97 Å². The van der Waals surface area contributed by atoms with Crippen LogP contribution in [0.2, 0.25) is 0 Å². The molecule has 0 spiro atoms. The molecule has 1 aromatic carbocycles. The van der Waals surface area contributed by atoms with Crippen LogP contribution >= 0.6 is 11.3 Å². The molecule has 0 saturated heterocycles. The predicted octanol–water partition coefficient (Wildman–Crippen LogP) is 3.61. The second kappa shape index (κ2) is 11.6. The number of thiophene rings is 1. The van der Waals surface area contributed by atoms with Gasteiger partial charge < -0.3 is 15.4 Å². The highest BCUT2D eigenvalue weighted by atomic mass is 32.1. The number of carbonyl (C=O) groups is 3. The van der Waals surface area contributed by atoms with Crippen molar-refractivity contribution < 1.29 is 19.1 Å². The van der Waals surface area contributed by atoms with Crippen LogP contribution in [0.15, 0.2) is 24.3 Å². The summed E-state index contributed by atoms with van der Waals surface area (Å²) in [5, 5.41) is 6.09. The number of benzene rings is 1. The second-order valence-corrected chi connectivity index (χ2v) is 8.62. The van der Waals surface area contributed by atoms with E-state index in [0.29, 0.717) is 17.1 Å². The minimum Gasteiger partial charge on any atom is -0.462 e. The van der Waals surface area contributed by atoms with Crippen molar-refractivity contribution in [3.05, 3.63) is 40.3 Å². The molecule has 0 radical (unpaired) electrons. The van der Waals surface area contributed by atoms with E-state index in [1.807, 2.05) is 45.0 Å². The van der Waals surface area contributed by atoms with E-state index in [1.54, 1.807) is 18.9 Å². The maximum Gasteiger partial charge on any atom is 0.341 e. The molecular weight excluding hydrogens is 414 g/mol. The lowest BCUT2D eigenvalue weighted by Crippen LogP contribution is -2.39. The molecule has 0 fully saturated rings. The van der Waals surface area contributed by atoms with Crippen LogP contribution in [0, 0.1) is 13.8 Å². The van der Waals surface area contributed by atoms with Crippen LogP contribution in [0.1, 0.15) is 41.1 Å². The lowest BCUT2D eigenvalue weighted by molar-refractivity contribution is -0.122. The van der Waals surface area contributed by atoms with Gasteiger partial charge >= 0.3 is 5.97 Å². The van der Waals surface area contributed by atoms with Gasteiger partial charge in [-0.3, -0.25) is 14.5 Å². The van der Waals surface area contributed by atoms with Crippen LogP contribution in [0.3, 0.4) is 0 Å². The average molecular weight is 446 g/mol. The summed E-state index contributed by atoms with van der Waals surface area (Å²) in [5.41, 5.74) is 3.15. The number of anilines is 1. The summed E-state index contributed by atoms with van der Waals surface area (Å²) in [4.78, 5) is 39.8. The molecule has 0 atom stereocenters. The maximum absolute atomic E-state index is 12.8. The van der Waals surface area contributed by atoms with Gasteiger partial charge in [-0.15, -0.1) is 11.3 Å². The predicted molar refractivity (Wildman–Crippen MR) is 125 cm³/mol. The zero-order valence-corrected chi connectivity index (χ0v) is 19.6. The highest BCUT2D eigenvalue weighted by Crippen LogP contribution is 2.40. The molecule has 0 aliphatic rings. The fourth-order valence-electron chi connectivity index (χ4n) is 3.13. The number of hydrogen-bond donors (Lipinski definition) is 2. The zero-order chi connectivity index (χ0) is 23.0. The fraction of sp³-hybridized carbons (Fsp3) is 0.435. The zero-order valence-electron chi connectivity index (χ0n) is 18.8. The molecule has 2 N–H and O–H groups in total. The number of carbonyl (C=O) groups excluding carboxylic acids is 3. The Morgan fingerprint density at radius 1 is 1.03 bits per heavy atom. The summed E-state index contributed by atoms with van der Waals surface area (Å²) in [6, 6.07) is 7.89. The van der Waals surface area contributed by atoms with Crippen LogP contribution in [0.5, 0.6) is 0 Å². The van der Waals surface area contributed by atoms with Crippen molar-refractivity contribution in [3.8, 4) is 11.1 Å². The Kier molecular flexibility index (Phi) is 9.21.